The van der Waals surface area contributed by atoms with Crippen LogP contribution in [0.3, 0.4) is 0 Å². The second-order valence-electron chi connectivity index (χ2n) is 6.55. The van der Waals surface area contributed by atoms with E-state index in [0.717, 1.165) is 11.1 Å². The quantitative estimate of drug-likeness (QED) is 0.576. The van der Waals surface area contributed by atoms with Crippen molar-refractivity contribution in [3.05, 3.63) is 71.8 Å². The summed E-state index contributed by atoms with van der Waals surface area (Å²) in [5.41, 5.74) is 1.72. The second kappa shape index (κ2) is 7.09. The second-order valence-corrected chi connectivity index (χ2v) is 6.55. The Bertz CT molecular complexity index is 667. The summed E-state index contributed by atoms with van der Waals surface area (Å²) in [4.78, 5) is 12.4. The minimum atomic E-state index is -0.0355. The number of ketones is 1. The minimum Gasteiger partial charge on any atom is -0.294 e. The maximum atomic E-state index is 12.4. The van der Waals surface area contributed by atoms with Gasteiger partial charge in [-0.1, -0.05) is 81.1 Å². The van der Waals surface area contributed by atoms with Crippen LogP contribution in [0.4, 0.5) is 0 Å². The van der Waals surface area contributed by atoms with Crippen LogP contribution in [-0.4, -0.2) is 5.78 Å². The number of Topliss-reactive ketones (excluding diaryl/α,β-unsaturated/α-hetero) is 1. The topological polar surface area (TPSA) is 17.1 Å². The molecule has 0 spiro atoms. The third-order valence-electron chi connectivity index (χ3n) is 3.70. The van der Waals surface area contributed by atoms with Crippen molar-refractivity contribution in [2.75, 3.05) is 0 Å². The third-order valence-corrected chi connectivity index (χ3v) is 3.70. The van der Waals surface area contributed by atoms with Gasteiger partial charge in [-0.3, -0.25) is 4.79 Å². The number of hydrogen-bond donors (Lipinski definition) is 0. The fraction of sp³-hybridized carbons (Fsp3) is 0.286. The van der Waals surface area contributed by atoms with Gasteiger partial charge in [-0.05, 0) is 17.5 Å². The monoisotopic (exact) mass is 290 g/mol. The number of hydrogen-bond acceptors (Lipinski definition) is 1. The summed E-state index contributed by atoms with van der Waals surface area (Å²) < 4.78 is 0. The van der Waals surface area contributed by atoms with Crippen molar-refractivity contribution < 1.29 is 4.79 Å². The first-order valence-electron chi connectivity index (χ1n) is 7.61. The molecule has 2 rings (SSSR count). The molecule has 0 aliphatic carbocycles. The summed E-state index contributed by atoms with van der Waals surface area (Å²) in [6.45, 7) is 6.40. The van der Waals surface area contributed by atoms with Gasteiger partial charge in [-0.2, -0.15) is 0 Å². The molecule has 2 aromatic carbocycles. The molecular formula is C21H22O. The summed E-state index contributed by atoms with van der Waals surface area (Å²) in [5, 5.41) is 0. The lowest BCUT2D eigenvalue weighted by atomic mass is 9.77. The van der Waals surface area contributed by atoms with Crippen LogP contribution >= 0.6 is 0 Å². The summed E-state index contributed by atoms with van der Waals surface area (Å²) in [6.07, 6.45) is 0.452. The number of carbonyl (C=O) groups excluding carboxylic acids is 1. The molecular weight excluding hydrogens is 268 g/mol. The Morgan fingerprint density at radius 3 is 2.05 bits per heavy atom. The molecule has 0 aliphatic rings. The largest absolute Gasteiger partial charge is 0.294 e. The maximum absolute atomic E-state index is 12.4. The smallest absolute Gasteiger partial charge is 0.164 e. The van der Waals surface area contributed by atoms with E-state index >= 15 is 0 Å². The van der Waals surface area contributed by atoms with E-state index in [1.54, 1.807) is 0 Å². The molecule has 0 saturated carbocycles. The Morgan fingerprint density at radius 1 is 0.955 bits per heavy atom. The normalized spacial score (nSPS) is 12.1. The molecule has 112 valence electrons. The van der Waals surface area contributed by atoms with Gasteiger partial charge in [-0.15, -0.1) is 0 Å². The van der Waals surface area contributed by atoms with Crippen LogP contribution in [0.25, 0.3) is 0 Å². The number of rotatable bonds is 3. The molecule has 1 nitrogen and oxygen atoms in total. The lowest BCUT2D eigenvalue weighted by Crippen LogP contribution is -2.22. The van der Waals surface area contributed by atoms with E-state index in [9.17, 15) is 4.79 Å². The highest BCUT2D eigenvalue weighted by molar-refractivity contribution is 5.96. The van der Waals surface area contributed by atoms with Gasteiger partial charge in [-0.25, -0.2) is 0 Å². The summed E-state index contributed by atoms with van der Waals surface area (Å²) >= 11 is 0. The Hall–Kier alpha value is -2.33. The molecule has 0 radical (unpaired) electrons. The zero-order valence-corrected chi connectivity index (χ0v) is 13.5. The Kier molecular flexibility index (Phi) is 5.17. The van der Waals surface area contributed by atoms with E-state index in [1.807, 2.05) is 60.7 Å². The average Bonchev–Trinajstić information content (AvgIpc) is 2.52. The van der Waals surface area contributed by atoms with Crippen LogP contribution in [0.5, 0.6) is 0 Å². The van der Waals surface area contributed by atoms with Crippen LogP contribution in [0.2, 0.25) is 0 Å². The van der Waals surface area contributed by atoms with Gasteiger partial charge < -0.3 is 0 Å². The fourth-order valence-corrected chi connectivity index (χ4v) is 2.19. The van der Waals surface area contributed by atoms with Crippen molar-refractivity contribution >= 4 is 5.78 Å². The van der Waals surface area contributed by atoms with E-state index in [4.69, 9.17) is 0 Å². The van der Waals surface area contributed by atoms with Gasteiger partial charge in [0.25, 0.3) is 0 Å². The van der Waals surface area contributed by atoms with Crippen LogP contribution in [0, 0.1) is 23.2 Å². The van der Waals surface area contributed by atoms with Gasteiger partial charge in [0, 0.05) is 23.5 Å². The van der Waals surface area contributed by atoms with E-state index in [1.165, 1.54) is 0 Å². The summed E-state index contributed by atoms with van der Waals surface area (Å²) in [6, 6.07) is 19.4. The lowest BCUT2D eigenvalue weighted by molar-refractivity contribution is 0.0944. The highest BCUT2D eigenvalue weighted by Gasteiger charge is 2.25. The lowest BCUT2D eigenvalue weighted by Gasteiger charge is -2.25. The third kappa shape index (κ3) is 4.60. The molecule has 22 heavy (non-hydrogen) atoms. The zero-order valence-electron chi connectivity index (χ0n) is 13.5. The highest BCUT2D eigenvalue weighted by atomic mass is 16.1. The van der Waals surface area contributed by atoms with E-state index < -0.39 is 0 Å². The van der Waals surface area contributed by atoms with Gasteiger partial charge in [0.15, 0.2) is 5.78 Å². The number of carbonyl (C=O) groups is 1. The first-order chi connectivity index (χ1) is 10.5. The molecule has 0 aromatic heterocycles. The fourth-order valence-electron chi connectivity index (χ4n) is 2.19. The van der Waals surface area contributed by atoms with Crippen molar-refractivity contribution in [1.82, 2.24) is 0 Å². The molecule has 0 N–H and O–H groups in total. The molecule has 0 saturated heterocycles. The van der Waals surface area contributed by atoms with Gasteiger partial charge in [0.2, 0.25) is 0 Å². The van der Waals surface area contributed by atoms with E-state index in [0.29, 0.717) is 6.42 Å². The highest BCUT2D eigenvalue weighted by Crippen LogP contribution is 2.29. The van der Waals surface area contributed by atoms with Crippen LogP contribution < -0.4 is 0 Å². The standard InChI is InChI=1S/C21H22O/c1-21(2,3)19(15-14-17-10-6-4-7-11-17)16-20(22)18-12-8-5-9-13-18/h4-13,19H,16H2,1-3H3. The predicted molar refractivity (Wildman–Crippen MR) is 91.7 cm³/mol. The number of benzene rings is 2. The maximum Gasteiger partial charge on any atom is 0.164 e. The zero-order chi connectivity index (χ0) is 16.0. The van der Waals surface area contributed by atoms with Crippen molar-refractivity contribution in [1.29, 1.82) is 0 Å². The molecule has 0 amide bonds. The first kappa shape index (κ1) is 16.0. The molecule has 2 aromatic rings. The van der Waals surface area contributed by atoms with Gasteiger partial charge in [0.05, 0.1) is 0 Å². The SMILES string of the molecule is CC(C)(C)C(C#Cc1ccccc1)CC(=O)c1ccccc1. The molecule has 1 unspecified atom stereocenters. The van der Waals surface area contributed by atoms with E-state index in [-0.39, 0.29) is 17.1 Å². The predicted octanol–water partition coefficient (Wildman–Crippen LogP) is 4.97. The van der Waals surface area contributed by atoms with Crippen molar-refractivity contribution in [2.24, 2.45) is 11.3 Å². The van der Waals surface area contributed by atoms with Gasteiger partial charge in [0.1, 0.15) is 0 Å². The Labute approximate surface area is 133 Å². The Morgan fingerprint density at radius 2 is 1.50 bits per heavy atom. The molecule has 1 atom stereocenters. The molecule has 1 heteroatoms. The first-order valence-corrected chi connectivity index (χ1v) is 7.61. The van der Waals surface area contributed by atoms with Crippen molar-refractivity contribution in [3.63, 3.8) is 0 Å². The van der Waals surface area contributed by atoms with E-state index in [2.05, 4.69) is 32.6 Å². The van der Waals surface area contributed by atoms with Gasteiger partial charge >= 0.3 is 0 Å². The molecule has 0 aliphatic heterocycles. The summed E-state index contributed by atoms with van der Waals surface area (Å²) in [7, 11) is 0. The minimum absolute atomic E-state index is 0.0282. The molecule has 0 fully saturated rings. The Balaban J connectivity index is 2.18. The summed E-state index contributed by atoms with van der Waals surface area (Å²) in [5.74, 6) is 6.70. The van der Waals surface area contributed by atoms with Crippen molar-refractivity contribution in [2.45, 2.75) is 27.2 Å². The van der Waals surface area contributed by atoms with Crippen molar-refractivity contribution in [3.8, 4) is 11.8 Å². The van der Waals surface area contributed by atoms with Crippen LogP contribution in [0.15, 0.2) is 60.7 Å². The molecule has 0 heterocycles. The van der Waals surface area contributed by atoms with Crippen LogP contribution in [0.1, 0.15) is 43.1 Å². The molecule has 0 bridgehead atoms. The average molecular weight is 290 g/mol. The van der Waals surface area contributed by atoms with Crippen LogP contribution in [-0.2, 0) is 0 Å².